The molecule has 1 aromatic heterocycles. The van der Waals surface area contributed by atoms with E-state index in [2.05, 4.69) is 0 Å². The number of hydrogen-bond acceptors (Lipinski definition) is 4. The smallest absolute Gasteiger partial charge is 0.293 e. The lowest BCUT2D eigenvalue weighted by Gasteiger charge is -2.11. The number of para-hydroxylation sites is 1. The zero-order valence-electron chi connectivity index (χ0n) is 18.3. The van der Waals surface area contributed by atoms with Gasteiger partial charge in [0, 0.05) is 39.8 Å². The maximum Gasteiger partial charge on any atom is 0.293 e. The lowest BCUT2D eigenvalue weighted by molar-refractivity contribution is -0.122. The quantitative estimate of drug-likeness (QED) is 0.225. The molecular formula is C27H18ClFN2O3S. The molecule has 0 radical (unpaired) electrons. The molecule has 5 nitrogen and oxygen atoms in total. The van der Waals surface area contributed by atoms with Crippen LogP contribution >= 0.6 is 23.4 Å². The molecule has 4 aromatic rings. The molecule has 1 aliphatic rings. The van der Waals surface area contributed by atoms with Gasteiger partial charge < -0.3 is 4.57 Å². The average molecular weight is 505 g/mol. The lowest BCUT2D eigenvalue weighted by Crippen LogP contribution is -2.33. The first kappa shape index (κ1) is 23.1. The van der Waals surface area contributed by atoms with Crippen molar-refractivity contribution in [2.24, 2.45) is 0 Å². The van der Waals surface area contributed by atoms with E-state index in [1.807, 2.05) is 35.0 Å². The van der Waals surface area contributed by atoms with Crippen LogP contribution in [0.5, 0.6) is 0 Å². The number of hydrogen-bond donors (Lipinski definition) is 0. The van der Waals surface area contributed by atoms with E-state index in [0.717, 1.165) is 38.7 Å². The van der Waals surface area contributed by atoms with Gasteiger partial charge in [-0.05, 0) is 41.6 Å². The first-order chi connectivity index (χ1) is 16.9. The van der Waals surface area contributed by atoms with E-state index >= 15 is 0 Å². The van der Waals surface area contributed by atoms with Crippen LogP contribution in [0.15, 0.2) is 83.9 Å². The van der Waals surface area contributed by atoms with Gasteiger partial charge in [0.2, 0.25) is 0 Å². The summed E-state index contributed by atoms with van der Waals surface area (Å²) >= 11 is 7.04. The zero-order chi connectivity index (χ0) is 24.5. The van der Waals surface area contributed by atoms with Gasteiger partial charge in [-0.3, -0.25) is 19.3 Å². The van der Waals surface area contributed by atoms with Crippen LogP contribution in [0.4, 0.5) is 9.18 Å². The summed E-state index contributed by atoms with van der Waals surface area (Å²) in [7, 11) is 0. The fraction of sp³-hybridized carbons (Fsp3) is 0.0741. The fourth-order valence-electron chi connectivity index (χ4n) is 3.99. The summed E-state index contributed by atoms with van der Waals surface area (Å²) in [5.74, 6) is -1.21. The molecule has 0 bridgehead atoms. The third-order valence-electron chi connectivity index (χ3n) is 5.73. The molecule has 35 heavy (non-hydrogen) atoms. The number of carbonyl (C=O) groups excluding carboxylic acids is 3. The van der Waals surface area contributed by atoms with Crippen LogP contribution in [0.3, 0.4) is 0 Å². The van der Waals surface area contributed by atoms with E-state index in [4.69, 9.17) is 11.6 Å². The van der Waals surface area contributed by atoms with Crippen LogP contribution in [0.1, 0.15) is 21.5 Å². The van der Waals surface area contributed by atoms with Gasteiger partial charge >= 0.3 is 0 Å². The van der Waals surface area contributed by atoms with Crippen LogP contribution in [-0.2, 0) is 11.3 Å². The molecule has 0 N–H and O–H groups in total. The van der Waals surface area contributed by atoms with E-state index in [1.54, 1.807) is 42.5 Å². The van der Waals surface area contributed by atoms with Gasteiger partial charge in [-0.2, -0.15) is 0 Å². The van der Waals surface area contributed by atoms with Crippen LogP contribution in [0.2, 0.25) is 5.02 Å². The highest BCUT2D eigenvalue weighted by molar-refractivity contribution is 8.18. The van der Waals surface area contributed by atoms with Crippen molar-refractivity contribution in [2.75, 3.05) is 6.54 Å². The van der Waals surface area contributed by atoms with Gasteiger partial charge in [0.15, 0.2) is 5.78 Å². The van der Waals surface area contributed by atoms with Crippen molar-refractivity contribution >= 4 is 57.3 Å². The SMILES string of the molecule is O=C(CN1C(=O)S/C(=C\c2cn(Cc3ccc(F)cc3Cl)c3ccccc23)C1=O)c1ccccc1. The minimum Gasteiger partial charge on any atom is -0.342 e. The summed E-state index contributed by atoms with van der Waals surface area (Å²) in [6.07, 6.45) is 3.54. The predicted octanol–water partition coefficient (Wildman–Crippen LogP) is 6.40. The van der Waals surface area contributed by atoms with Gasteiger partial charge in [0.05, 0.1) is 11.4 Å². The first-order valence-electron chi connectivity index (χ1n) is 10.8. The standard InChI is InChI=1S/C27H18ClFN2O3S/c28-22-13-20(29)11-10-18(22)14-30-15-19(21-8-4-5-9-23(21)30)12-25-26(33)31(27(34)35-25)16-24(32)17-6-2-1-3-7-17/h1-13,15H,14,16H2/b25-12-. The predicted molar refractivity (Wildman–Crippen MR) is 136 cm³/mol. The largest absolute Gasteiger partial charge is 0.342 e. The molecule has 3 aromatic carbocycles. The highest BCUT2D eigenvalue weighted by Gasteiger charge is 2.36. The number of aromatic nitrogens is 1. The molecule has 0 atom stereocenters. The maximum absolute atomic E-state index is 13.5. The second-order valence-corrected chi connectivity index (χ2v) is 9.42. The van der Waals surface area contributed by atoms with Crippen molar-refractivity contribution in [3.05, 3.63) is 111 Å². The first-order valence-corrected chi connectivity index (χ1v) is 12.0. The molecule has 1 saturated heterocycles. The van der Waals surface area contributed by atoms with Crippen molar-refractivity contribution in [1.29, 1.82) is 0 Å². The number of fused-ring (bicyclic) bond motifs is 1. The number of carbonyl (C=O) groups is 3. The number of rotatable bonds is 6. The molecule has 8 heteroatoms. The van der Waals surface area contributed by atoms with Crippen molar-refractivity contribution in [1.82, 2.24) is 9.47 Å². The summed E-state index contributed by atoms with van der Waals surface area (Å²) in [4.78, 5) is 39.3. The molecule has 2 amide bonds. The Morgan fingerprint density at radius 2 is 1.74 bits per heavy atom. The maximum atomic E-state index is 13.5. The molecule has 5 rings (SSSR count). The third-order valence-corrected chi connectivity index (χ3v) is 6.99. The van der Waals surface area contributed by atoms with Crippen molar-refractivity contribution in [3.63, 3.8) is 0 Å². The summed E-state index contributed by atoms with van der Waals surface area (Å²) < 4.78 is 15.4. The van der Waals surface area contributed by atoms with E-state index < -0.39 is 17.0 Å². The van der Waals surface area contributed by atoms with Crippen molar-refractivity contribution < 1.29 is 18.8 Å². The van der Waals surface area contributed by atoms with Gasteiger partial charge in [-0.1, -0.05) is 66.2 Å². The highest BCUT2D eigenvalue weighted by Crippen LogP contribution is 2.34. The normalized spacial score (nSPS) is 14.9. The van der Waals surface area contributed by atoms with Crippen LogP contribution in [0.25, 0.3) is 17.0 Å². The molecule has 2 heterocycles. The van der Waals surface area contributed by atoms with Crippen LogP contribution in [0, 0.1) is 5.82 Å². The summed E-state index contributed by atoms with van der Waals surface area (Å²) in [5, 5.41) is 0.735. The van der Waals surface area contributed by atoms with Crippen molar-refractivity contribution in [3.8, 4) is 0 Å². The monoisotopic (exact) mass is 504 g/mol. The number of nitrogens with zero attached hydrogens (tertiary/aromatic N) is 2. The van der Waals surface area contributed by atoms with Crippen molar-refractivity contribution in [2.45, 2.75) is 6.54 Å². The molecule has 0 saturated carbocycles. The summed E-state index contributed by atoms with van der Waals surface area (Å²) in [6, 6.07) is 20.5. The molecule has 0 aliphatic carbocycles. The van der Waals surface area contributed by atoms with Gasteiger partial charge in [0.25, 0.3) is 11.1 Å². The lowest BCUT2D eigenvalue weighted by atomic mass is 10.1. The Hall–Kier alpha value is -3.68. The van der Waals surface area contributed by atoms with Gasteiger partial charge in [-0.15, -0.1) is 0 Å². The Kier molecular flexibility index (Phi) is 6.28. The number of imide groups is 1. The van der Waals surface area contributed by atoms with Crippen LogP contribution < -0.4 is 0 Å². The Morgan fingerprint density at radius 3 is 2.51 bits per heavy atom. The van der Waals surface area contributed by atoms with E-state index in [9.17, 15) is 18.8 Å². The molecule has 1 aliphatic heterocycles. The Morgan fingerprint density at radius 1 is 1.00 bits per heavy atom. The molecule has 1 fully saturated rings. The molecule has 0 spiro atoms. The highest BCUT2D eigenvalue weighted by atomic mass is 35.5. The molecule has 174 valence electrons. The number of halogens is 2. The number of thioether (sulfide) groups is 1. The minimum atomic E-state index is -0.498. The van der Waals surface area contributed by atoms with Gasteiger partial charge in [0.1, 0.15) is 5.82 Å². The number of benzene rings is 3. The number of amides is 2. The number of ketones is 1. The van der Waals surface area contributed by atoms with E-state index in [1.165, 1.54) is 12.1 Å². The molecule has 0 unspecified atom stereocenters. The third kappa shape index (κ3) is 4.65. The van der Waals surface area contributed by atoms with E-state index in [-0.39, 0.29) is 17.2 Å². The fourth-order valence-corrected chi connectivity index (χ4v) is 5.05. The second kappa shape index (κ2) is 9.52. The summed E-state index contributed by atoms with van der Waals surface area (Å²) in [6.45, 7) is 0.0946. The molecular weight excluding hydrogens is 487 g/mol. The Labute approximate surface area is 209 Å². The van der Waals surface area contributed by atoms with E-state index in [0.29, 0.717) is 17.1 Å². The minimum absolute atomic E-state index is 0.249. The van der Waals surface area contributed by atoms with Gasteiger partial charge in [-0.25, -0.2) is 4.39 Å². The average Bonchev–Trinajstić information content (AvgIpc) is 3.33. The topological polar surface area (TPSA) is 59.4 Å². The zero-order valence-corrected chi connectivity index (χ0v) is 19.9. The number of Topliss-reactive ketones (excluding diaryl/α,β-unsaturated/α-hetero) is 1. The van der Waals surface area contributed by atoms with Crippen LogP contribution in [-0.4, -0.2) is 32.9 Å². The second-order valence-electron chi connectivity index (χ2n) is 8.02. The Bertz CT molecular complexity index is 1510. The summed E-state index contributed by atoms with van der Waals surface area (Å²) in [5.41, 5.74) is 2.84. The Balaban J connectivity index is 1.44.